The number of carbonyl (C=O) groups excluding carboxylic acids is 1. The largest absolute Gasteiger partial charge is 0.466 e. The second-order valence-electron chi connectivity index (χ2n) is 3.59. The van der Waals surface area contributed by atoms with Crippen LogP contribution in [0, 0.1) is 6.92 Å². The van der Waals surface area contributed by atoms with E-state index in [-0.39, 0.29) is 5.97 Å². The molecule has 0 heterocycles. The van der Waals surface area contributed by atoms with Gasteiger partial charge in [-0.05, 0) is 12.8 Å². The summed E-state index contributed by atoms with van der Waals surface area (Å²) in [6.07, 6.45) is 8.03. The summed E-state index contributed by atoms with van der Waals surface area (Å²) in [4.78, 5) is 11.1. The fourth-order valence-corrected chi connectivity index (χ4v) is 1.23. The zero-order valence-corrected chi connectivity index (χ0v) is 9.39. The molecule has 83 valence electrons. The molecular weight excluding hydrogens is 176 g/mol. The van der Waals surface area contributed by atoms with Gasteiger partial charge in [-0.15, -0.1) is 0 Å². The molecule has 0 aromatic carbocycles. The Bertz CT molecular complexity index is 132. The summed E-state index contributed by atoms with van der Waals surface area (Å²) in [5.41, 5.74) is 0. The first-order valence-electron chi connectivity index (χ1n) is 5.76. The van der Waals surface area contributed by atoms with E-state index in [1.165, 1.54) is 0 Å². The van der Waals surface area contributed by atoms with Gasteiger partial charge in [-0.3, -0.25) is 4.79 Å². The minimum atomic E-state index is -0.0342. The van der Waals surface area contributed by atoms with E-state index < -0.39 is 0 Å². The summed E-state index contributed by atoms with van der Waals surface area (Å²) < 4.78 is 5.08. The van der Waals surface area contributed by atoms with Gasteiger partial charge in [0.2, 0.25) is 0 Å². The molecule has 0 atom stereocenters. The van der Waals surface area contributed by atoms with Gasteiger partial charge in [0.15, 0.2) is 0 Å². The van der Waals surface area contributed by atoms with E-state index in [9.17, 15) is 4.79 Å². The smallest absolute Gasteiger partial charge is 0.305 e. The molecule has 0 N–H and O–H groups in total. The minimum Gasteiger partial charge on any atom is -0.466 e. The third-order valence-corrected chi connectivity index (χ3v) is 2.14. The van der Waals surface area contributed by atoms with Crippen molar-refractivity contribution >= 4 is 5.97 Å². The van der Waals surface area contributed by atoms with Crippen molar-refractivity contribution in [3.8, 4) is 0 Å². The number of carbonyl (C=O) groups is 1. The third-order valence-electron chi connectivity index (χ3n) is 2.14. The summed E-state index contributed by atoms with van der Waals surface area (Å²) in [5.74, 6) is -0.0342. The number of hydrogen-bond donors (Lipinski definition) is 0. The normalized spacial score (nSPS) is 10.1. The zero-order valence-electron chi connectivity index (χ0n) is 9.39. The molecule has 0 aliphatic carbocycles. The lowest BCUT2D eigenvalue weighted by Crippen LogP contribution is -2.05. The predicted molar refractivity (Wildman–Crippen MR) is 58.9 cm³/mol. The first-order chi connectivity index (χ1) is 6.81. The fraction of sp³-hybridized carbons (Fsp3) is 0.833. The average Bonchev–Trinajstić information content (AvgIpc) is 2.18. The van der Waals surface area contributed by atoms with Crippen molar-refractivity contribution in [2.75, 3.05) is 6.61 Å². The molecule has 14 heavy (non-hydrogen) atoms. The fourth-order valence-electron chi connectivity index (χ4n) is 1.23. The molecule has 0 aliphatic heterocycles. The van der Waals surface area contributed by atoms with Crippen molar-refractivity contribution in [3.05, 3.63) is 6.92 Å². The Labute approximate surface area is 88.0 Å². The van der Waals surface area contributed by atoms with Crippen LogP contribution in [-0.4, -0.2) is 12.6 Å². The van der Waals surface area contributed by atoms with Crippen LogP contribution in [-0.2, 0) is 9.53 Å². The highest BCUT2D eigenvalue weighted by molar-refractivity contribution is 5.69. The lowest BCUT2D eigenvalue weighted by atomic mass is 10.2. The zero-order chi connectivity index (χ0) is 10.6. The minimum absolute atomic E-state index is 0.0342. The monoisotopic (exact) mass is 199 g/mol. The van der Waals surface area contributed by atoms with E-state index in [2.05, 4.69) is 13.8 Å². The Kier molecular flexibility index (Phi) is 10.2. The van der Waals surface area contributed by atoms with E-state index in [4.69, 9.17) is 4.74 Å². The van der Waals surface area contributed by atoms with Crippen LogP contribution < -0.4 is 0 Å². The van der Waals surface area contributed by atoms with Crippen molar-refractivity contribution in [1.82, 2.24) is 0 Å². The van der Waals surface area contributed by atoms with Gasteiger partial charge in [0.25, 0.3) is 0 Å². The lowest BCUT2D eigenvalue weighted by molar-refractivity contribution is -0.143. The number of esters is 1. The van der Waals surface area contributed by atoms with Crippen LogP contribution in [0.5, 0.6) is 0 Å². The van der Waals surface area contributed by atoms with E-state index >= 15 is 0 Å². The summed E-state index contributed by atoms with van der Waals surface area (Å²) in [6.45, 7) is 6.48. The van der Waals surface area contributed by atoms with Gasteiger partial charge in [-0.25, -0.2) is 0 Å². The lowest BCUT2D eigenvalue weighted by Gasteiger charge is -2.03. The molecule has 0 saturated heterocycles. The van der Waals surface area contributed by atoms with Crippen LogP contribution in [0.25, 0.3) is 0 Å². The molecule has 0 fully saturated rings. The molecule has 0 aromatic rings. The Hall–Kier alpha value is -0.530. The average molecular weight is 199 g/mol. The second-order valence-corrected chi connectivity index (χ2v) is 3.59. The van der Waals surface area contributed by atoms with Crippen LogP contribution in [0.15, 0.2) is 0 Å². The molecule has 0 bridgehead atoms. The van der Waals surface area contributed by atoms with Crippen molar-refractivity contribution in [2.24, 2.45) is 0 Å². The Morgan fingerprint density at radius 2 is 1.93 bits per heavy atom. The first kappa shape index (κ1) is 13.5. The van der Waals surface area contributed by atoms with Crippen LogP contribution in [0.2, 0.25) is 0 Å². The maximum atomic E-state index is 11.1. The van der Waals surface area contributed by atoms with E-state index in [1.807, 2.05) is 0 Å². The highest BCUT2D eigenvalue weighted by atomic mass is 16.5. The molecule has 0 aromatic heterocycles. The molecule has 2 nitrogen and oxygen atoms in total. The molecule has 0 aliphatic rings. The topological polar surface area (TPSA) is 26.3 Å². The highest BCUT2D eigenvalue weighted by Crippen LogP contribution is 2.02. The van der Waals surface area contributed by atoms with Gasteiger partial charge in [0.1, 0.15) is 0 Å². The Morgan fingerprint density at radius 3 is 2.57 bits per heavy atom. The second kappa shape index (κ2) is 10.6. The van der Waals surface area contributed by atoms with Gasteiger partial charge < -0.3 is 4.74 Å². The molecule has 0 amide bonds. The van der Waals surface area contributed by atoms with E-state index in [0.717, 1.165) is 44.9 Å². The maximum Gasteiger partial charge on any atom is 0.305 e. The van der Waals surface area contributed by atoms with Crippen molar-refractivity contribution < 1.29 is 9.53 Å². The number of unbranched alkanes of at least 4 members (excludes halogenated alkanes) is 5. The summed E-state index contributed by atoms with van der Waals surface area (Å²) in [5, 5.41) is 0. The molecule has 0 spiro atoms. The van der Waals surface area contributed by atoms with E-state index in [1.54, 1.807) is 0 Å². The van der Waals surface area contributed by atoms with Crippen LogP contribution >= 0.6 is 0 Å². The van der Waals surface area contributed by atoms with Gasteiger partial charge in [-0.1, -0.05) is 46.0 Å². The quantitative estimate of drug-likeness (QED) is 0.419. The van der Waals surface area contributed by atoms with Crippen molar-refractivity contribution in [3.63, 3.8) is 0 Å². The predicted octanol–water partition coefficient (Wildman–Crippen LogP) is 3.50. The summed E-state index contributed by atoms with van der Waals surface area (Å²) in [6, 6.07) is 0. The number of hydrogen-bond acceptors (Lipinski definition) is 2. The third kappa shape index (κ3) is 9.56. The van der Waals surface area contributed by atoms with Crippen molar-refractivity contribution in [1.29, 1.82) is 0 Å². The van der Waals surface area contributed by atoms with Crippen LogP contribution in [0.1, 0.15) is 58.3 Å². The van der Waals surface area contributed by atoms with Gasteiger partial charge >= 0.3 is 5.97 Å². The van der Waals surface area contributed by atoms with Crippen molar-refractivity contribution in [2.45, 2.75) is 58.3 Å². The molecule has 0 unspecified atom stereocenters. The highest BCUT2D eigenvalue weighted by Gasteiger charge is 2.00. The maximum absolute atomic E-state index is 11.1. The molecule has 0 rings (SSSR count). The number of rotatable bonds is 9. The van der Waals surface area contributed by atoms with Gasteiger partial charge in [0, 0.05) is 6.42 Å². The molecule has 1 radical (unpaired) electrons. The first-order valence-corrected chi connectivity index (χ1v) is 5.76. The Balaban J connectivity index is 3.10. The summed E-state index contributed by atoms with van der Waals surface area (Å²) in [7, 11) is 0. The summed E-state index contributed by atoms with van der Waals surface area (Å²) >= 11 is 0. The van der Waals surface area contributed by atoms with Gasteiger partial charge in [-0.2, -0.15) is 0 Å². The number of ether oxygens (including phenoxy) is 1. The van der Waals surface area contributed by atoms with Crippen LogP contribution in [0.4, 0.5) is 0 Å². The van der Waals surface area contributed by atoms with Gasteiger partial charge in [0.05, 0.1) is 6.61 Å². The molecule has 0 saturated carbocycles. The molecular formula is C12H23O2. The molecule has 2 heteroatoms. The SMILES string of the molecule is [CH2]CCCCCOC(=O)CCCCC. The Morgan fingerprint density at radius 1 is 1.14 bits per heavy atom. The van der Waals surface area contributed by atoms with Crippen LogP contribution in [0.3, 0.4) is 0 Å². The standard InChI is InChI=1S/C12H23O2/c1-3-5-7-9-11-14-12(13)10-8-6-4-2/h1,3-11H2,2H3. The van der Waals surface area contributed by atoms with E-state index in [0.29, 0.717) is 13.0 Å².